The average Bonchev–Trinajstić information content (AvgIpc) is 2.54. The lowest BCUT2D eigenvalue weighted by Crippen LogP contribution is -2.21. The average molecular weight is 468 g/mol. The number of benzene rings is 2. The molecule has 0 aliphatic heterocycles. The Morgan fingerprint density at radius 1 is 1.00 bits per heavy atom. The Bertz CT molecular complexity index is 739. The zero-order valence-corrected chi connectivity index (χ0v) is 18.3. The fourth-order valence-electron chi connectivity index (χ4n) is 2.47. The summed E-state index contributed by atoms with van der Waals surface area (Å²) in [7, 11) is 0. The van der Waals surface area contributed by atoms with Gasteiger partial charge in [-0.2, -0.15) is 0 Å². The van der Waals surface area contributed by atoms with E-state index in [2.05, 4.69) is 68.6 Å². The molecule has 0 spiro atoms. The van der Waals surface area contributed by atoms with Gasteiger partial charge in [0.1, 0.15) is 11.5 Å². The van der Waals surface area contributed by atoms with E-state index >= 15 is 0 Å². The van der Waals surface area contributed by atoms with Crippen molar-refractivity contribution in [1.29, 1.82) is 0 Å². The van der Waals surface area contributed by atoms with Crippen molar-refractivity contribution in [3.8, 4) is 11.5 Å². The first kappa shape index (κ1) is 20.0. The van der Waals surface area contributed by atoms with Crippen LogP contribution in [0.5, 0.6) is 11.5 Å². The molecule has 0 unspecified atom stereocenters. The standard InChI is InChI=1S/C20H24Br2N2O/c1-5-7-24(6-2)13-23-19-8-15(4)20(9-14(19)3)25-18-11-16(21)10-17(22)12-18/h8-13H,5-7H2,1-4H3/b23-13+. The molecule has 0 saturated heterocycles. The minimum atomic E-state index is 0.792. The Labute approximate surface area is 167 Å². The molecule has 0 aliphatic carbocycles. The van der Waals surface area contributed by atoms with Crippen molar-refractivity contribution in [2.45, 2.75) is 34.1 Å². The molecule has 0 heterocycles. The Kier molecular flexibility index (Phi) is 7.51. The molecule has 0 aromatic heterocycles. The second-order valence-corrected chi connectivity index (χ2v) is 7.82. The van der Waals surface area contributed by atoms with Crippen LogP contribution in [-0.4, -0.2) is 24.3 Å². The normalized spacial score (nSPS) is 11.1. The molecular weight excluding hydrogens is 444 g/mol. The molecular formula is C20H24Br2N2O. The highest BCUT2D eigenvalue weighted by molar-refractivity contribution is 9.11. The fraction of sp³-hybridized carbons (Fsp3) is 0.350. The molecule has 0 fully saturated rings. The highest BCUT2D eigenvalue weighted by atomic mass is 79.9. The Morgan fingerprint density at radius 2 is 1.68 bits per heavy atom. The minimum Gasteiger partial charge on any atom is -0.457 e. The van der Waals surface area contributed by atoms with Gasteiger partial charge in [-0.25, -0.2) is 4.99 Å². The Balaban J connectivity index is 2.23. The number of aryl methyl sites for hydroxylation is 2. The number of nitrogens with zero attached hydrogens (tertiary/aromatic N) is 2. The van der Waals surface area contributed by atoms with Gasteiger partial charge in [0.2, 0.25) is 0 Å². The summed E-state index contributed by atoms with van der Waals surface area (Å²) in [6.07, 6.45) is 3.06. The van der Waals surface area contributed by atoms with Crippen molar-refractivity contribution in [2.75, 3.05) is 13.1 Å². The van der Waals surface area contributed by atoms with Crippen molar-refractivity contribution in [3.63, 3.8) is 0 Å². The fourth-order valence-corrected chi connectivity index (χ4v) is 3.72. The predicted molar refractivity (Wildman–Crippen MR) is 114 cm³/mol. The number of aliphatic imine (C=N–C) groups is 1. The molecule has 3 nitrogen and oxygen atoms in total. The molecule has 0 aliphatic rings. The van der Waals surface area contributed by atoms with Crippen LogP contribution in [0.4, 0.5) is 5.69 Å². The van der Waals surface area contributed by atoms with Gasteiger partial charge in [0, 0.05) is 22.0 Å². The van der Waals surface area contributed by atoms with E-state index in [1.807, 2.05) is 37.5 Å². The number of hydrogen-bond acceptors (Lipinski definition) is 2. The summed E-state index contributed by atoms with van der Waals surface area (Å²) in [5.41, 5.74) is 3.14. The maximum Gasteiger partial charge on any atom is 0.130 e. The first-order valence-electron chi connectivity index (χ1n) is 8.46. The van der Waals surface area contributed by atoms with Crippen LogP contribution < -0.4 is 4.74 Å². The van der Waals surface area contributed by atoms with E-state index in [1.54, 1.807) is 0 Å². The zero-order chi connectivity index (χ0) is 18.4. The van der Waals surface area contributed by atoms with Crippen LogP contribution >= 0.6 is 31.9 Å². The molecule has 2 rings (SSSR count). The summed E-state index contributed by atoms with van der Waals surface area (Å²) in [6, 6.07) is 10.0. The van der Waals surface area contributed by atoms with Gasteiger partial charge in [-0.1, -0.05) is 38.8 Å². The molecule has 0 atom stereocenters. The summed E-state index contributed by atoms with van der Waals surface area (Å²) in [4.78, 5) is 6.88. The van der Waals surface area contributed by atoms with Crippen LogP contribution in [0.1, 0.15) is 31.4 Å². The first-order chi connectivity index (χ1) is 11.9. The van der Waals surface area contributed by atoms with Crippen molar-refractivity contribution < 1.29 is 4.74 Å². The first-order valence-corrected chi connectivity index (χ1v) is 10.0. The third kappa shape index (κ3) is 5.86. The van der Waals surface area contributed by atoms with E-state index in [1.165, 1.54) is 0 Å². The molecule has 2 aromatic carbocycles. The molecule has 5 heteroatoms. The summed E-state index contributed by atoms with van der Waals surface area (Å²) >= 11 is 6.98. The molecule has 0 amide bonds. The quantitative estimate of drug-likeness (QED) is 0.323. The van der Waals surface area contributed by atoms with Crippen LogP contribution in [0, 0.1) is 13.8 Å². The topological polar surface area (TPSA) is 24.8 Å². The maximum absolute atomic E-state index is 6.07. The van der Waals surface area contributed by atoms with E-state index in [-0.39, 0.29) is 0 Å². The van der Waals surface area contributed by atoms with Gasteiger partial charge < -0.3 is 9.64 Å². The number of halogens is 2. The second-order valence-electron chi connectivity index (χ2n) is 5.98. The van der Waals surface area contributed by atoms with Gasteiger partial charge in [-0.3, -0.25) is 0 Å². The van der Waals surface area contributed by atoms with Gasteiger partial charge in [0.15, 0.2) is 0 Å². The molecule has 134 valence electrons. The molecule has 0 radical (unpaired) electrons. The number of hydrogen-bond donors (Lipinski definition) is 0. The lowest BCUT2D eigenvalue weighted by atomic mass is 10.1. The summed E-state index contributed by atoms with van der Waals surface area (Å²) in [5, 5.41) is 0. The number of rotatable bonds is 7. The van der Waals surface area contributed by atoms with Crippen molar-refractivity contribution in [2.24, 2.45) is 4.99 Å². The van der Waals surface area contributed by atoms with E-state index in [4.69, 9.17) is 4.74 Å². The molecule has 0 N–H and O–H groups in total. The van der Waals surface area contributed by atoms with Crippen LogP contribution in [0.2, 0.25) is 0 Å². The van der Waals surface area contributed by atoms with Gasteiger partial charge in [0.25, 0.3) is 0 Å². The predicted octanol–water partition coefficient (Wildman–Crippen LogP) is 7.01. The van der Waals surface area contributed by atoms with Gasteiger partial charge in [-0.15, -0.1) is 0 Å². The highest BCUT2D eigenvalue weighted by Gasteiger charge is 2.08. The Hall–Kier alpha value is -1.33. The van der Waals surface area contributed by atoms with E-state index in [0.717, 1.165) is 56.8 Å². The zero-order valence-electron chi connectivity index (χ0n) is 15.1. The summed E-state index contributed by atoms with van der Waals surface area (Å²) in [6.45, 7) is 10.4. The largest absolute Gasteiger partial charge is 0.457 e. The maximum atomic E-state index is 6.07. The van der Waals surface area contributed by atoms with Crippen LogP contribution in [0.25, 0.3) is 0 Å². The third-order valence-electron chi connectivity index (χ3n) is 3.83. The Morgan fingerprint density at radius 3 is 2.28 bits per heavy atom. The molecule has 0 saturated carbocycles. The lowest BCUT2D eigenvalue weighted by molar-refractivity contribution is 0.452. The molecule has 2 aromatic rings. The van der Waals surface area contributed by atoms with Crippen molar-refractivity contribution in [1.82, 2.24) is 4.90 Å². The SMILES string of the molecule is CCCN(/C=N/c1cc(C)c(Oc2cc(Br)cc(Br)c2)cc1C)CC. The van der Waals surface area contributed by atoms with Crippen LogP contribution in [-0.2, 0) is 0 Å². The van der Waals surface area contributed by atoms with Crippen LogP contribution in [0.15, 0.2) is 44.3 Å². The van der Waals surface area contributed by atoms with Crippen molar-refractivity contribution >= 4 is 43.9 Å². The van der Waals surface area contributed by atoms with Gasteiger partial charge >= 0.3 is 0 Å². The smallest absolute Gasteiger partial charge is 0.130 e. The van der Waals surface area contributed by atoms with Gasteiger partial charge in [0.05, 0.1) is 12.0 Å². The minimum absolute atomic E-state index is 0.792. The molecule has 25 heavy (non-hydrogen) atoms. The van der Waals surface area contributed by atoms with E-state index in [9.17, 15) is 0 Å². The van der Waals surface area contributed by atoms with Gasteiger partial charge in [-0.05, 0) is 68.7 Å². The lowest BCUT2D eigenvalue weighted by Gasteiger charge is -2.16. The summed E-state index contributed by atoms with van der Waals surface area (Å²) < 4.78 is 8.02. The third-order valence-corrected chi connectivity index (χ3v) is 4.75. The number of ether oxygens (including phenoxy) is 1. The van der Waals surface area contributed by atoms with E-state index < -0.39 is 0 Å². The molecule has 0 bridgehead atoms. The summed E-state index contributed by atoms with van der Waals surface area (Å²) in [5.74, 6) is 1.64. The van der Waals surface area contributed by atoms with Crippen LogP contribution in [0.3, 0.4) is 0 Å². The highest BCUT2D eigenvalue weighted by Crippen LogP contribution is 2.33. The monoisotopic (exact) mass is 466 g/mol. The van der Waals surface area contributed by atoms with E-state index in [0.29, 0.717) is 0 Å². The second kappa shape index (κ2) is 9.39. The van der Waals surface area contributed by atoms with Crippen molar-refractivity contribution in [3.05, 3.63) is 50.4 Å².